The number of ether oxygens (including phenoxy) is 1. The summed E-state index contributed by atoms with van der Waals surface area (Å²) in [5.74, 6) is 0.651. The maximum absolute atomic E-state index is 10.3. The summed E-state index contributed by atoms with van der Waals surface area (Å²) in [5, 5.41) is 23.3. The van der Waals surface area contributed by atoms with E-state index in [4.69, 9.17) is 4.74 Å². The van der Waals surface area contributed by atoms with Gasteiger partial charge in [0, 0.05) is 31.4 Å². The zero-order chi connectivity index (χ0) is 17.6. The molecule has 142 valence electrons. The molecule has 3 rings (SSSR count). The molecular formula is C17H30N4O2S2. The summed E-state index contributed by atoms with van der Waals surface area (Å²) in [6.45, 7) is 6.65. The quantitative estimate of drug-likeness (QED) is 0.698. The third-order valence-corrected chi connectivity index (χ3v) is 6.84. The van der Waals surface area contributed by atoms with Crippen LogP contribution in [0.25, 0.3) is 0 Å². The topological polar surface area (TPSA) is 70.5 Å². The molecule has 2 fully saturated rings. The van der Waals surface area contributed by atoms with Crippen molar-refractivity contribution in [1.82, 2.24) is 15.1 Å². The Bertz CT molecular complexity index is 515. The Morgan fingerprint density at radius 3 is 2.68 bits per heavy atom. The minimum absolute atomic E-state index is 0.236. The van der Waals surface area contributed by atoms with Crippen molar-refractivity contribution in [3.63, 3.8) is 0 Å². The third-order valence-electron chi connectivity index (χ3n) is 4.70. The van der Waals surface area contributed by atoms with Gasteiger partial charge in [-0.2, -0.15) is 0 Å². The first kappa shape index (κ1) is 19.4. The number of hydrogen-bond acceptors (Lipinski definition) is 8. The molecule has 8 heteroatoms. The molecule has 25 heavy (non-hydrogen) atoms. The van der Waals surface area contributed by atoms with E-state index >= 15 is 0 Å². The number of thioether (sulfide) groups is 1. The molecule has 0 radical (unpaired) electrons. The minimum atomic E-state index is -0.360. The van der Waals surface area contributed by atoms with E-state index in [-0.39, 0.29) is 18.3 Å². The first-order valence-electron chi connectivity index (χ1n) is 9.37. The molecule has 1 aromatic heterocycles. The van der Waals surface area contributed by atoms with Gasteiger partial charge in [0.1, 0.15) is 0 Å². The smallest absolute Gasteiger partial charge is 0.206 e. The number of nitrogens with one attached hydrogen (secondary N) is 1. The van der Waals surface area contributed by atoms with Crippen molar-refractivity contribution >= 4 is 28.2 Å². The second-order valence-electron chi connectivity index (χ2n) is 7.29. The molecule has 1 saturated carbocycles. The van der Waals surface area contributed by atoms with Crippen molar-refractivity contribution in [2.24, 2.45) is 0 Å². The Morgan fingerprint density at radius 1 is 1.24 bits per heavy atom. The van der Waals surface area contributed by atoms with E-state index in [1.54, 1.807) is 23.1 Å². The number of rotatable bonds is 7. The molecular weight excluding hydrogens is 356 g/mol. The number of morpholine rings is 1. The van der Waals surface area contributed by atoms with Crippen LogP contribution < -0.4 is 5.32 Å². The number of aromatic nitrogens is 2. The maximum atomic E-state index is 10.3. The second-order valence-corrected chi connectivity index (χ2v) is 9.54. The fraction of sp³-hybridized carbons (Fsp3) is 0.882. The highest BCUT2D eigenvalue weighted by molar-refractivity contribution is 8.01. The van der Waals surface area contributed by atoms with Crippen molar-refractivity contribution in [1.29, 1.82) is 0 Å². The lowest BCUT2D eigenvalue weighted by Crippen LogP contribution is -2.48. The van der Waals surface area contributed by atoms with Crippen LogP contribution in [0.5, 0.6) is 0 Å². The normalized spacial score (nSPS) is 27.3. The number of nitrogens with zero attached hydrogens (tertiary/aromatic N) is 3. The molecule has 0 aromatic carbocycles. The monoisotopic (exact) mass is 386 g/mol. The first-order chi connectivity index (χ1) is 12.1. The van der Waals surface area contributed by atoms with Gasteiger partial charge in [-0.1, -0.05) is 42.4 Å². The zero-order valence-electron chi connectivity index (χ0n) is 15.2. The van der Waals surface area contributed by atoms with Crippen molar-refractivity contribution in [3.8, 4) is 0 Å². The number of β-amino-alcohol motifs (C(OH)–C–C–N with tert-alkyl or cyclic N) is 1. The van der Waals surface area contributed by atoms with E-state index in [0.717, 1.165) is 22.6 Å². The Balaban J connectivity index is 1.39. The molecule has 1 saturated heterocycles. The molecule has 3 unspecified atom stereocenters. The van der Waals surface area contributed by atoms with Gasteiger partial charge < -0.3 is 15.2 Å². The highest BCUT2D eigenvalue weighted by Gasteiger charge is 2.24. The lowest BCUT2D eigenvalue weighted by molar-refractivity contribution is -0.0750. The van der Waals surface area contributed by atoms with Crippen LogP contribution in [0.1, 0.15) is 46.0 Å². The molecule has 2 heterocycles. The van der Waals surface area contributed by atoms with Crippen LogP contribution in [-0.4, -0.2) is 69.9 Å². The largest absolute Gasteiger partial charge is 0.391 e. The Morgan fingerprint density at radius 2 is 1.96 bits per heavy atom. The summed E-state index contributed by atoms with van der Waals surface area (Å²) in [6, 6.07) is 0.551. The standard InChI is InChI=1S/C17H30N4O2S2/c1-12-8-21(9-13(2)23-12)10-15(22)11-24-17-20-19-16(25-17)18-14-6-4-3-5-7-14/h12-15,22H,3-11H2,1-2H3,(H,18,19). The van der Waals surface area contributed by atoms with Gasteiger partial charge in [0.15, 0.2) is 4.34 Å². The van der Waals surface area contributed by atoms with Gasteiger partial charge in [-0.25, -0.2) is 0 Å². The van der Waals surface area contributed by atoms with E-state index in [9.17, 15) is 5.11 Å². The van der Waals surface area contributed by atoms with Gasteiger partial charge in [-0.3, -0.25) is 4.90 Å². The molecule has 0 spiro atoms. The maximum Gasteiger partial charge on any atom is 0.206 e. The minimum Gasteiger partial charge on any atom is -0.391 e. The summed E-state index contributed by atoms with van der Waals surface area (Å²) in [6.07, 6.45) is 6.55. The average molecular weight is 387 g/mol. The molecule has 0 bridgehead atoms. The van der Waals surface area contributed by atoms with Crippen molar-refractivity contribution in [2.75, 3.05) is 30.7 Å². The first-order valence-corrected chi connectivity index (χ1v) is 11.2. The van der Waals surface area contributed by atoms with Crippen molar-refractivity contribution in [2.45, 2.75) is 74.6 Å². The van der Waals surface area contributed by atoms with E-state index in [0.29, 0.717) is 18.3 Å². The Hall–Kier alpha value is -0.410. The number of aliphatic hydroxyl groups excluding tert-OH is 1. The fourth-order valence-electron chi connectivity index (χ4n) is 3.70. The van der Waals surface area contributed by atoms with Crippen LogP contribution >= 0.6 is 23.1 Å². The van der Waals surface area contributed by atoms with Crippen LogP contribution in [0.4, 0.5) is 5.13 Å². The highest BCUT2D eigenvalue weighted by Crippen LogP contribution is 2.28. The van der Waals surface area contributed by atoms with Crippen molar-refractivity contribution < 1.29 is 9.84 Å². The molecule has 6 nitrogen and oxygen atoms in total. The SMILES string of the molecule is CC1CN(CC(O)CSc2nnc(NC3CCCCC3)s2)CC(C)O1. The van der Waals surface area contributed by atoms with E-state index in [1.807, 2.05) is 0 Å². The van der Waals surface area contributed by atoms with E-state index in [1.165, 1.54) is 32.1 Å². The van der Waals surface area contributed by atoms with Crippen LogP contribution in [-0.2, 0) is 4.74 Å². The number of anilines is 1. The fourth-order valence-corrected chi connectivity index (χ4v) is 5.47. The van der Waals surface area contributed by atoms with Gasteiger partial charge in [-0.15, -0.1) is 10.2 Å². The molecule has 1 aromatic rings. The van der Waals surface area contributed by atoms with Crippen LogP contribution in [0.15, 0.2) is 4.34 Å². The molecule has 1 aliphatic carbocycles. The summed E-state index contributed by atoms with van der Waals surface area (Å²) in [5.41, 5.74) is 0. The predicted octanol–water partition coefficient (Wildman–Crippen LogP) is 2.84. The molecule has 3 atom stereocenters. The van der Waals surface area contributed by atoms with Gasteiger partial charge in [-0.05, 0) is 26.7 Å². The lowest BCUT2D eigenvalue weighted by atomic mass is 9.96. The third kappa shape index (κ3) is 6.36. The number of hydrogen-bond donors (Lipinski definition) is 2. The Kier molecular flexibility index (Phi) is 7.36. The number of aliphatic hydroxyl groups is 1. The average Bonchev–Trinajstić information content (AvgIpc) is 3.00. The van der Waals surface area contributed by atoms with Gasteiger partial charge in [0.25, 0.3) is 0 Å². The molecule has 2 aliphatic rings. The van der Waals surface area contributed by atoms with Crippen LogP contribution in [0.3, 0.4) is 0 Å². The van der Waals surface area contributed by atoms with E-state index in [2.05, 4.69) is 34.3 Å². The van der Waals surface area contributed by atoms with Crippen LogP contribution in [0, 0.1) is 0 Å². The van der Waals surface area contributed by atoms with Gasteiger partial charge in [0.2, 0.25) is 5.13 Å². The van der Waals surface area contributed by atoms with Crippen molar-refractivity contribution in [3.05, 3.63) is 0 Å². The highest BCUT2D eigenvalue weighted by atomic mass is 32.2. The van der Waals surface area contributed by atoms with Gasteiger partial charge >= 0.3 is 0 Å². The summed E-state index contributed by atoms with van der Waals surface area (Å²) in [7, 11) is 0. The second kappa shape index (κ2) is 9.50. The molecule has 1 aliphatic heterocycles. The summed E-state index contributed by atoms with van der Waals surface area (Å²) < 4.78 is 6.67. The summed E-state index contributed by atoms with van der Waals surface area (Å²) in [4.78, 5) is 2.29. The molecule has 2 N–H and O–H groups in total. The lowest BCUT2D eigenvalue weighted by Gasteiger charge is -2.36. The van der Waals surface area contributed by atoms with E-state index < -0.39 is 0 Å². The Labute approximate surface area is 158 Å². The van der Waals surface area contributed by atoms with Crippen LogP contribution in [0.2, 0.25) is 0 Å². The zero-order valence-corrected chi connectivity index (χ0v) is 16.8. The molecule has 0 amide bonds. The summed E-state index contributed by atoms with van der Waals surface area (Å²) >= 11 is 3.20. The van der Waals surface area contributed by atoms with Gasteiger partial charge in [0.05, 0.1) is 18.3 Å². The predicted molar refractivity (Wildman–Crippen MR) is 104 cm³/mol.